The molecule has 1 aromatic carbocycles. The highest BCUT2D eigenvalue weighted by atomic mass is 19.1. The van der Waals surface area contributed by atoms with Crippen molar-refractivity contribution in [2.24, 2.45) is 5.92 Å². The number of para-hydroxylation sites is 1. The quantitative estimate of drug-likeness (QED) is 0.790. The second kappa shape index (κ2) is 7.28. The van der Waals surface area contributed by atoms with Crippen LogP contribution in [0.1, 0.15) is 13.8 Å². The lowest BCUT2D eigenvalue weighted by molar-refractivity contribution is 0.0317. The van der Waals surface area contributed by atoms with Crippen LogP contribution < -0.4 is 5.32 Å². The van der Waals surface area contributed by atoms with Crippen LogP contribution in [0.4, 0.5) is 14.5 Å². The normalized spacial score (nSPS) is 12.8. The summed E-state index contributed by atoms with van der Waals surface area (Å²) in [6.45, 7) is 4.72. The Kier molecular flexibility index (Phi) is 6.01. The fourth-order valence-corrected chi connectivity index (χ4v) is 1.39. The summed E-state index contributed by atoms with van der Waals surface area (Å²) in [5.41, 5.74) is -0.222. The van der Waals surface area contributed by atoms with Crippen LogP contribution in [0.15, 0.2) is 18.2 Å². The van der Waals surface area contributed by atoms with E-state index in [1.54, 1.807) is 0 Å². The van der Waals surface area contributed by atoms with Crippen molar-refractivity contribution >= 4 is 5.69 Å². The minimum Gasteiger partial charge on any atom is -0.389 e. The Morgan fingerprint density at radius 2 is 1.83 bits per heavy atom. The van der Waals surface area contributed by atoms with Gasteiger partial charge in [0.15, 0.2) is 0 Å². The van der Waals surface area contributed by atoms with E-state index in [1.165, 1.54) is 6.07 Å². The molecular formula is C13H19F2NO2. The van der Waals surface area contributed by atoms with Crippen LogP contribution in [0.2, 0.25) is 0 Å². The zero-order valence-electron chi connectivity index (χ0n) is 10.6. The first kappa shape index (κ1) is 14.9. The molecule has 1 unspecified atom stereocenters. The minimum absolute atomic E-state index is 0.0376. The zero-order chi connectivity index (χ0) is 13.5. The Morgan fingerprint density at radius 3 is 2.39 bits per heavy atom. The topological polar surface area (TPSA) is 41.5 Å². The molecule has 0 saturated carbocycles. The molecule has 0 radical (unpaired) electrons. The van der Waals surface area contributed by atoms with Crippen molar-refractivity contribution in [2.75, 3.05) is 25.1 Å². The van der Waals surface area contributed by atoms with E-state index >= 15 is 0 Å². The van der Waals surface area contributed by atoms with Crippen molar-refractivity contribution in [1.82, 2.24) is 0 Å². The fourth-order valence-electron chi connectivity index (χ4n) is 1.39. The number of hydrogen-bond donors (Lipinski definition) is 2. The molecule has 0 aromatic heterocycles. The van der Waals surface area contributed by atoms with Gasteiger partial charge in [-0.1, -0.05) is 19.9 Å². The molecule has 0 aliphatic carbocycles. The zero-order valence-corrected chi connectivity index (χ0v) is 10.6. The molecule has 1 aromatic rings. The van der Waals surface area contributed by atoms with Crippen LogP contribution >= 0.6 is 0 Å². The third-order valence-corrected chi connectivity index (χ3v) is 2.24. The van der Waals surface area contributed by atoms with E-state index in [2.05, 4.69) is 5.32 Å². The standard InChI is InChI=1S/C13H19F2NO2/c1-9(2)7-18-8-10(17)6-16-13-11(14)4-3-5-12(13)15/h3-5,9-10,16-17H,6-8H2,1-2H3. The van der Waals surface area contributed by atoms with Crippen LogP contribution in [0.3, 0.4) is 0 Å². The monoisotopic (exact) mass is 259 g/mol. The average Bonchev–Trinajstić information content (AvgIpc) is 2.27. The molecule has 2 N–H and O–H groups in total. The van der Waals surface area contributed by atoms with E-state index in [4.69, 9.17) is 4.74 Å². The van der Waals surface area contributed by atoms with Crippen molar-refractivity contribution in [3.05, 3.63) is 29.8 Å². The van der Waals surface area contributed by atoms with Gasteiger partial charge in [0.2, 0.25) is 0 Å². The van der Waals surface area contributed by atoms with Crippen molar-refractivity contribution in [3.8, 4) is 0 Å². The number of rotatable bonds is 7. The van der Waals surface area contributed by atoms with E-state index in [0.29, 0.717) is 12.5 Å². The predicted octanol–water partition coefficient (Wildman–Crippen LogP) is 2.41. The molecule has 1 rings (SSSR count). The Labute approximate surface area is 106 Å². The van der Waals surface area contributed by atoms with Gasteiger partial charge < -0.3 is 15.2 Å². The Hall–Kier alpha value is -1.20. The van der Waals surface area contributed by atoms with Gasteiger partial charge in [0.25, 0.3) is 0 Å². The second-order valence-electron chi connectivity index (χ2n) is 4.56. The number of aliphatic hydroxyl groups excluding tert-OH is 1. The number of ether oxygens (including phenoxy) is 1. The van der Waals surface area contributed by atoms with Crippen molar-refractivity contribution in [2.45, 2.75) is 20.0 Å². The first-order valence-electron chi connectivity index (χ1n) is 5.94. The van der Waals surface area contributed by atoms with E-state index < -0.39 is 17.7 Å². The summed E-state index contributed by atoms with van der Waals surface area (Å²) in [5.74, 6) is -0.968. The molecule has 102 valence electrons. The summed E-state index contributed by atoms with van der Waals surface area (Å²) in [6.07, 6.45) is -0.803. The van der Waals surface area contributed by atoms with E-state index in [-0.39, 0.29) is 18.8 Å². The van der Waals surface area contributed by atoms with Crippen LogP contribution in [0.5, 0.6) is 0 Å². The SMILES string of the molecule is CC(C)COCC(O)CNc1c(F)cccc1F. The number of benzene rings is 1. The van der Waals surface area contributed by atoms with Gasteiger partial charge in [0.1, 0.15) is 17.3 Å². The molecule has 3 nitrogen and oxygen atoms in total. The third kappa shape index (κ3) is 4.98. The maximum absolute atomic E-state index is 13.2. The highest BCUT2D eigenvalue weighted by Crippen LogP contribution is 2.17. The number of anilines is 1. The van der Waals surface area contributed by atoms with Crippen LogP contribution in [-0.2, 0) is 4.74 Å². The molecule has 0 bridgehead atoms. The maximum atomic E-state index is 13.2. The number of hydrogen-bond acceptors (Lipinski definition) is 3. The van der Waals surface area contributed by atoms with Gasteiger partial charge in [-0.3, -0.25) is 0 Å². The van der Waals surface area contributed by atoms with Crippen molar-refractivity contribution in [3.63, 3.8) is 0 Å². The summed E-state index contributed by atoms with van der Waals surface area (Å²) in [7, 11) is 0. The van der Waals surface area contributed by atoms with Gasteiger partial charge in [-0.25, -0.2) is 8.78 Å². The lowest BCUT2D eigenvalue weighted by atomic mass is 10.2. The summed E-state index contributed by atoms with van der Waals surface area (Å²) < 4.78 is 31.7. The molecule has 0 amide bonds. The fraction of sp³-hybridized carbons (Fsp3) is 0.538. The van der Waals surface area contributed by atoms with Crippen molar-refractivity contribution in [1.29, 1.82) is 0 Å². The Balaban J connectivity index is 2.36. The summed E-state index contributed by atoms with van der Waals surface area (Å²) in [6, 6.07) is 3.61. The number of aliphatic hydroxyl groups is 1. The van der Waals surface area contributed by atoms with Gasteiger partial charge in [-0.15, -0.1) is 0 Å². The highest BCUT2D eigenvalue weighted by Gasteiger charge is 2.10. The third-order valence-electron chi connectivity index (χ3n) is 2.24. The molecule has 0 fully saturated rings. The molecule has 0 aliphatic rings. The Bertz CT molecular complexity index is 352. The lowest BCUT2D eigenvalue weighted by Crippen LogP contribution is -2.26. The number of nitrogens with one attached hydrogen (secondary N) is 1. The molecule has 0 aliphatic heterocycles. The number of halogens is 2. The average molecular weight is 259 g/mol. The molecule has 0 heterocycles. The second-order valence-corrected chi connectivity index (χ2v) is 4.56. The molecule has 0 spiro atoms. The molecule has 5 heteroatoms. The first-order chi connectivity index (χ1) is 8.50. The predicted molar refractivity (Wildman–Crippen MR) is 66.5 cm³/mol. The smallest absolute Gasteiger partial charge is 0.149 e. The van der Waals surface area contributed by atoms with Gasteiger partial charge in [0, 0.05) is 13.2 Å². The highest BCUT2D eigenvalue weighted by molar-refractivity contribution is 5.46. The first-order valence-corrected chi connectivity index (χ1v) is 5.94. The van der Waals surface area contributed by atoms with Crippen LogP contribution in [-0.4, -0.2) is 31.0 Å². The van der Waals surface area contributed by atoms with Crippen molar-refractivity contribution < 1.29 is 18.6 Å². The van der Waals surface area contributed by atoms with E-state index in [9.17, 15) is 13.9 Å². The van der Waals surface area contributed by atoms with Crippen LogP contribution in [0, 0.1) is 17.6 Å². The van der Waals surface area contributed by atoms with E-state index in [1.807, 2.05) is 13.8 Å². The van der Waals surface area contributed by atoms with Gasteiger partial charge in [-0.05, 0) is 18.1 Å². The van der Waals surface area contributed by atoms with Crippen LogP contribution in [0.25, 0.3) is 0 Å². The molecular weight excluding hydrogens is 240 g/mol. The van der Waals surface area contributed by atoms with E-state index in [0.717, 1.165) is 12.1 Å². The van der Waals surface area contributed by atoms with Gasteiger partial charge in [-0.2, -0.15) is 0 Å². The summed E-state index contributed by atoms with van der Waals surface area (Å²) >= 11 is 0. The van der Waals surface area contributed by atoms with Gasteiger partial charge in [0.05, 0.1) is 12.7 Å². The molecule has 0 saturated heterocycles. The summed E-state index contributed by atoms with van der Waals surface area (Å²) in [5, 5.41) is 12.1. The molecule has 1 atom stereocenters. The summed E-state index contributed by atoms with van der Waals surface area (Å²) in [4.78, 5) is 0. The largest absolute Gasteiger partial charge is 0.389 e. The maximum Gasteiger partial charge on any atom is 0.149 e. The lowest BCUT2D eigenvalue weighted by Gasteiger charge is -2.14. The van der Waals surface area contributed by atoms with Gasteiger partial charge >= 0.3 is 0 Å². The molecule has 18 heavy (non-hydrogen) atoms. The Morgan fingerprint density at radius 1 is 1.22 bits per heavy atom. The minimum atomic E-state index is -0.803.